The minimum Gasteiger partial charge on any atom is -0.504 e. The maximum Gasteiger partial charge on any atom is 0.339 e. The van der Waals surface area contributed by atoms with Crippen molar-refractivity contribution in [3.8, 4) is 17.2 Å². The number of ether oxygens (including phenoxy) is 5. The normalized spacial score (nSPS) is 40.5. The van der Waals surface area contributed by atoms with Crippen molar-refractivity contribution < 1.29 is 64.2 Å². The molecule has 4 rings (SSSR count). The zero-order chi connectivity index (χ0) is 24.2. The molecule has 13 nitrogen and oxygen atoms in total. The Kier molecular flexibility index (Phi) is 6.41. The number of benzene rings is 1. The summed E-state index contributed by atoms with van der Waals surface area (Å²) in [6, 6.07) is 1.03. The van der Waals surface area contributed by atoms with Crippen LogP contribution in [0.5, 0.6) is 17.2 Å². The van der Waals surface area contributed by atoms with Gasteiger partial charge in [-0.15, -0.1) is 0 Å². The Morgan fingerprint density at radius 3 is 2.33 bits per heavy atom. The van der Waals surface area contributed by atoms with Crippen molar-refractivity contribution >= 4 is 5.97 Å². The third-order valence-corrected chi connectivity index (χ3v) is 6.15. The first kappa shape index (κ1) is 23.9. The van der Waals surface area contributed by atoms with Crippen molar-refractivity contribution in [2.75, 3.05) is 13.7 Å². The second kappa shape index (κ2) is 8.85. The van der Waals surface area contributed by atoms with Gasteiger partial charge in [-0.05, 0) is 13.0 Å². The summed E-state index contributed by atoms with van der Waals surface area (Å²) >= 11 is 0. The number of phenolic OH excluding ortho intramolecular Hbond substituents is 2. The van der Waals surface area contributed by atoms with Crippen molar-refractivity contribution in [2.24, 2.45) is 0 Å². The second-order valence-electron chi connectivity index (χ2n) is 8.20. The summed E-state index contributed by atoms with van der Waals surface area (Å²) in [4.78, 5) is 12.4. The predicted molar refractivity (Wildman–Crippen MR) is 103 cm³/mol. The van der Waals surface area contributed by atoms with E-state index in [2.05, 4.69) is 0 Å². The number of carbonyl (C=O) groups is 1. The number of aliphatic hydroxyl groups excluding tert-OH is 5. The van der Waals surface area contributed by atoms with E-state index in [0.717, 1.165) is 6.07 Å². The number of esters is 1. The van der Waals surface area contributed by atoms with Gasteiger partial charge in [-0.25, -0.2) is 4.79 Å². The third-order valence-electron chi connectivity index (χ3n) is 6.15. The Balaban J connectivity index is 1.58. The number of methoxy groups -OCH3 is 1. The zero-order valence-electron chi connectivity index (χ0n) is 17.6. The molecule has 3 aliphatic rings. The van der Waals surface area contributed by atoms with Gasteiger partial charge in [-0.1, -0.05) is 0 Å². The first-order valence-electron chi connectivity index (χ1n) is 10.2. The molecule has 0 amide bonds. The molecular weight excluding hydrogens is 448 g/mol. The Bertz CT molecular complexity index is 906. The average molecular weight is 474 g/mol. The van der Waals surface area contributed by atoms with E-state index >= 15 is 0 Å². The van der Waals surface area contributed by atoms with E-state index in [1.165, 1.54) is 14.0 Å². The molecule has 3 heterocycles. The SMILES string of the molecule is COc1c(O)cc2c(c1O)[C@@H]1O[C@H](CO[C@@H]3O[C@H](C)[C@H](O)[C@H](O)[C@H]3O)[C@@H](O)[C@H](O)[C@H]1OC2=O. The van der Waals surface area contributed by atoms with E-state index in [0.29, 0.717) is 0 Å². The molecule has 0 aromatic heterocycles. The summed E-state index contributed by atoms with van der Waals surface area (Å²) in [5.74, 6) is -2.39. The number of rotatable bonds is 4. The van der Waals surface area contributed by atoms with Gasteiger partial charge in [0.15, 0.2) is 23.9 Å². The summed E-state index contributed by atoms with van der Waals surface area (Å²) in [7, 11) is 1.19. The molecule has 13 heteroatoms. The fourth-order valence-corrected chi connectivity index (χ4v) is 4.28. The number of hydrogen-bond acceptors (Lipinski definition) is 13. The lowest BCUT2D eigenvalue weighted by atomic mass is 9.86. The molecule has 0 aliphatic carbocycles. The number of hydrogen-bond donors (Lipinski definition) is 7. The monoisotopic (exact) mass is 474 g/mol. The van der Waals surface area contributed by atoms with E-state index in [4.69, 9.17) is 23.7 Å². The van der Waals surface area contributed by atoms with E-state index in [1.54, 1.807) is 0 Å². The molecule has 2 fully saturated rings. The molecule has 0 saturated carbocycles. The van der Waals surface area contributed by atoms with Crippen LogP contribution in [-0.4, -0.2) is 111 Å². The second-order valence-corrected chi connectivity index (χ2v) is 8.20. The Morgan fingerprint density at radius 2 is 1.67 bits per heavy atom. The standard InChI is InChI=1S/C20H26O13/c1-5-10(22)13(25)15(27)20(31-5)30-4-8-11(23)14(26)18-17(32-8)9-6(19(28)33-18)3-7(21)16(29-2)12(9)24/h3,5,8,10-11,13-15,17-18,20-27H,4H2,1-2H3/t5-,8-,10+,11-,13+,14+,15-,17+,18-,20-/m1/s1. The van der Waals surface area contributed by atoms with Crippen LogP contribution in [0, 0.1) is 0 Å². The van der Waals surface area contributed by atoms with Crippen LogP contribution < -0.4 is 4.74 Å². The van der Waals surface area contributed by atoms with E-state index in [-0.39, 0.29) is 16.9 Å². The molecule has 7 N–H and O–H groups in total. The highest BCUT2D eigenvalue weighted by atomic mass is 16.7. The van der Waals surface area contributed by atoms with E-state index < -0.39 is 85.3 Å². The molecule has 1 aromatic carbocycles. The maximum absolute atomic E-state index is 12.4. The van der Waals surface area contributed by atoms with Crippen LogP contribution in [0.15, 0.2) is 6.07 Å². The Hall–Kier alpha value is -2.23. The Morgan fingerprint density at radius 1 is 0.970 bits per heavy atom. The lowest BCUT2D eigenvalue weighted by Crippen LogP contribution is -2.60. The molecule has 2 saturated heterocycles. The number of phenols is 2. The smallest absolute Gasteiger partial charge is 0.339 e. The number of aliphatic hydroxyl groups is 5. The molecule has 10 atom stereocenters. The van der Waals surface area contributed by atoms with Crippen LogP contribution in [0.2, 0.25) is 0 Å². The predicted octanol–water partition coefficient (Wildman–Crippen LogP) is -2.35. The molecule has 0 radical (unpaired) electrons. The highest BCUT2D eigenvalue weighted by molar-refractivity contribution is 5.95. The highest BCUT2D eigenvalue weighted by Crippen LogP contribution is 2.49. The molecule has 33 heavy (non-hydrogen) atoms. The van der Waals surface area contributed by atoms with Gasteiger partial charge in [-0.2, -0.15) is 0 Å². The van der Waals surface area contributed by atoms with Gasteiger partial charge in [-0.3, -0.25) is 0 Å². The van der Waals surface area contributed by atoms with Gasteiger partial charge < -0.3 is 59.4 Å². The third kappa shape index (κ3) is 3.90. The number of aromatic hydroxyl groups is 2. The van der Waals surface area contributed by atoms with Crippen LogP contribution in [0.3, 0.4) is 0 Å². The molecule has 0 unspecified atom stereocenters. The molecule has 1 aromatic rings. The average Bonchev–Trinajstić information content (AvgIpc) is 2.78. The largest absolute Gasteiger partial charge is 0.504 e. The fraction of sp³-hybridized carbons (Fsp3) is 0.650. The highest BCUT2D eigenvalue weighted by Gasteiger charge is 2.53. The summed E-state index contributed by atoms with van der Waals surface area (Å²) in [6.07, 6.45) is -13.8. The quantitative estimate of drug-likeness (QED) is 0.229. The summed E-state index contributed by atoms with van der Waals surface area (Å²) in [5, 5.41) is 71.5. The van der Waals surface area contributed by atoms with Crippen LogP contribution in [0.1, 0.15) is 28.9 Å². The van der Waals surface area contributed by atoms with Crippen LogP contribution in [0.4, 0.5) is 0 Å². The number of fused-ring (bicyclic) bond motifs is 3. The molecule has 0 bridgehead atoms. The van der Waals surface area contributed by atoms with Gasteiger partial charge in [0.25, 0.3) is 0 Å². The molecule has 184 valence electrons. The first-order valence-corrected chi connectivity index (χ1v) is 10.2. The van der Waals surface area contributed by atoms with Crippen LogP contribution in [0.25, 0.3) is 0 Å². The number of carbonyl (C=O) groups excluding carboxylic acids is 1. The lowest BCUT2D eigenvalue weighted by molar-refractivity contribution is -0.308. The van der Waals surface area contributed by atoms with Crippen LogP contribution >= 0.6 is 0 Å². The topological polar surface area (TPSA) is 205 Å². The molecular formula is C20H26O13. The van der Waals surface area contributed by atoms with Gasteiger partial charge in [0, 0.05) is 5.56 Å². The van der Waals surface area contributed by atoms with Crippen molar-refractivity contribution in [1.29, 1.82) is 0 Å². The lowest BCUT2D eigenvalue weighted by Gasteiger charge is -2.45. The van der Waals surface area contributed by atoms with Gasteiger partial charge in [0.1, 0.15) is 42.7 Å². The minimum atomic E-state index is -1.64. The maximum atomic E-state index is 12.4. The van der Waals surface area contributed by atoms with Crippen molar-refractivity contribution in [3.05, 3.63) is 17.2 Å². The van der Waals surface area contributed by atoms with E-state index in [1.807, 2.05) is 0 Å². The van der Waals surface area contributed by atoms with Crippen molar-refractivity contribution in [1.82, 2.24) is 0 Å². The van der Waals surface area contributed by atoms with Gasteiger partial charge in [0.05, 0.1) is 25.4 Å². The summed E-state index contributed by atoms with van der Waals surface area (Å²) in [5.41, 5.74) is -0.324. The molecule has 3 aliphatic heterocycles. The van der Waals surface area contributed by atoms with Gasteiger partial charge >= 0.3 is 5.97 Å². The fourth-order valence-electron chi connectivity index (χ4n) is 4.28. The Labute approximate surface area is 187 Å². The first-order chi connectivity index (χ1) is 15.6. The minimum absolute atomic E-state index is 0.108. The summed E-state index contributed by atoms with van der Waals surface area (Å²) in [6.45, 7) is 1.02. The van der Waals surface area contributed by atoms with Crippen LogP contribution in [-0.2, 0) is 18.9 Å². The van der Waals surface area contributed by atoms with Crippen molar-refractivity contribution in [3.63, 3.8) is 0 Å². The summed E-state index contributed by atoms with van der Waals surface area (Å²) < 4.78 is 26.7. The van der Waals surface area contributed by atoms with Gasteiger partial charge in [0.2, 0.25) is 5.75 Å². The van der Waals surface area contributed by atoms with E-state index in [9.17, 15) is 40.5 Å². The zero-order valence-corrected chi connectivity index (χ0v) is 17.6. The molecule has 0 spiro atoms. The van der Waals surface area contributed by atoms with Crippen molar-refractivity contribution in [2.45, 2.75) is 68.1 Å².